The standard InChI is InChI=1S/C20H22N4OS/c1-4-11-21-18(25)10-12-24(3)19-16-13-17(15-8-6-5-7-9-15)26-20(16)23-14(2)22-19/h4-9,13H,1,10-12H2,2-3H3,(H,21,25). The van der Waals surface area contributed by atoms with E-state index in [0.717, 1.165) is 21.9 Å². The molecule has 0 atom stereocenters. The van der Waals surface area contributed by atoms with Crippen LogP contribution in [-0.4, -0.2) is 36.0 Å². The Morgan fingerprint density at radius 3 is 2.81 bits per heavy atom. The number of aryl methyl sites for hydroxylation is 1. The van der Waals surface area contributed by atoms with Gasteiger partial charge < -0.3 is 10.2 Å². The van der Waals surface area contributed by atoms with Crippen LogP contribution in [0.3, 0.4) is 0 Å². The molecule has 0 aliphatic rings. The lowest BCUT2D eigenvalue weighted by molar-refractivity contribution is -0.120. The molecule has 1 aromatic carbocycles. The van der Waals surface area contributed by atoms with Gasteiger partial charge in [-0.15, -0.1) is 17.9 Å². The van der Waals surface area contributed by atoms with Crippen LogP contribution in [0.25, 0.3) is 20.7 Å². The molecule has 3 aromatic rings. The average Bonchev–Trinajstić information content (AvgIpc) is 3.08. The first kappa shape index (κ1) is 18.1. The summed E-state index contributed by atoms with van der Waals surface area (Å²) in [7, 11) is 1.96. The first-order valence-corrected chi connectivity index (χ1v) is 9.32. The Bertz CT molecular complexity index is 920. The highest BCUT2D eigenvalue weighted by molar-refractivity contribution is 7.21. The van der Waals surface area contributed by atoms with Crippen LogP contribution >= 0.6 is 11.3 Å². The molecule has 2 aromatic heterocycles. The third-order valence-electron chi connectivity index (χ3n) is 4.02. The van der Waals surface area contributed by atoms with Crippen LogP contribution in [0.1, 0.15) is 12.2 Å². The van der Waals surface area contributed by atoms with E-state index in [1.807, 2.05) is 37.1 Å². The fraction of sp³-hybridized carbons (Fsp3) is 0.250. The van der Waals surface area contributed by atoms with E-state index in [2.05, 4.69) is 40.1 Å². The molecule has 0 saturated carbocycles. The molecule has 0 saturated heterocycles. The summed E-state index contributed by atoms with van der Waals surface area (Å²) in [6.07, 6.45) is 2.08. The van der Waals surface area contributed by atoms with Crippen LogP contribution in [0.15, 0.2) is 49.1 Å². The minimum Gasteiger partial charge on any atom is -0.359 e. The number of hydrogen-bond acceptors (Lipinski definition) is 5. The van der Waals surface area contributed by atoms with E-state index in [0.29, 0.717) is 19.5 Å². The highest BCUT2D eigenvalue weighted by Crippen LogP contribution is 2.36. The maximum atomic E-state index is 11.8. The van der Waals surface area contributed by atoms with E-state index in [4.69, 9.17) is 0 Å². The highest BCUT2D eigenvalue weighted by Gasteiger charge is 2.15. The van der Waals surface area contributed by atoms with E-state index < -0.39 is 0 Å². The molecule has 0 aliphatic carbocycles. The van der Waals surface area contributed by atoms with E-state index in [-0.39, 0.29) is 5.91 Å². The smallest absolute Gasteiger partial charge is 0.222 e. The van der Waals surface area contributed by atoms with E-state index in [1.54, 1.807) is 17.4 Å². The van der Waals surface area contributed by atoms with Gasteiger partial charge in [0.1, 0.15) is 16.5 Å². The molecule has 0 aliphatic heterocycles. The van der Waals surface area contributed by atoms with Gasteiger partial charge >= 0.3 is 0 Å². The van der Waals surface area contributed by atoms with E-state index in [1.165, 1.54) is 10.4 Å². The predicted octanol–water partition coefficient (Wildman–Crippen LogP) is 3.80. The molecule has 26 heavy (non-hydrogen) atoms. The third-order valence-corrected chi connectivity index (χ3v) is 5.10. The quantitative estimate of drug-likeness (QED) is 0.646. The van der Waals surface area contributed by atoms with Gasteiger partial charge in [0.15, 0.2) is 0 Å². The monoisotopic (exact) mass is 366 g/mol. The third kappa shape index (κ3) is 4.08. The molecule has 2 heterocycles. The zero-order valence-electron chi connectivity index (χ0n) is 15.0. The van der Waals surface area contributed by atoms with Crippen molar-refractivity contribution in [3.05, 3.63) is 54.9 Å². The summed E-state index contributed by atoms with van der Waals surface area (Å²) in [4.78, 5) is 25.2. The van der Waals surface area contributed by atoms with Gasteiger partial charge in [0.05, 0.1) is 5.39 Å². The summed E-state index contributed by atoms with van der Waals surface area (Å²) in [5.41, 5.74) is 1.17. The van der Waals surface area contributed by atoms with Crippen molar-refractivity contribution in [2.75, 3.05) is 25.0 Å². The Labute approximate surface area is 157 Å². The second kappa shape index (κ2) is 8.10. The molecule has 1 amide bonds. The van der Waals surface area contributed by atoms with Crippen molar-refractivity contribution in [1.29, 1.82) is 0 Å². The largest absolute Gasteiger partial charge is 0.359 e. The molecule has 3 rings (SSSR count). The van der Waals surface area contributed by atoms with Gasteiger partial charge in [-0.1, -0.05) is 36.4 Å². The van der Waals surface area contributed by atoms with E-state index >= 15 is 0 Å². The van der Waals surface area contributed by atoms with Gasteiger partial charge in [0.2, 0.25) is 5.91 Å². The first-order chi connectivity index (χ1) is 12.6. The van der Waals surface area contributed by atoms with Crippen molar-refractivity contribution in [3.8, 4) is 10.4 Å². The lowest BCUT2D eigenvalue weighted by atomic mass is 10.2. The molecule has 0 bridgehead atoms. The minimum atomic E-state index is 0.00839. The van der Waals surface area contributed by atoms with Gasteiger partial charge in [-0.05, 0) is 18.6 Å². The number of rotatable bonds is 7. The van der Waals surface area contributed by atoms with E-state index in [9.17, 15) is 4.79 Å². The van der Waals surface area contributed by atoms with Crippen LogP contribution in [0.5, 0.6) is 0 Å². The van der Waals surface area contributed by atoms with Gasteiger partial charge in [-0.2, -0.15) is 0 Å². The molecular weight excluding hydrogens is 344 g/mol. The first-order valence-electron chi connectivity index (χ1n) is 8.51. The lowest BCUT2D eigenvalue weighted by Gasteiger charge is -2.19. The molecule has 134 valence electrons. The number of amides is 1. The predicted molar refractivity (Wildman–Crippen MR) is 109 cm³/mol. The fourth-order valence-corrected chi connectivity index (χ4v) is 3.77. The van der Waals surface area contributed by atoms with Crippen molar-refractivity contribution in [3.63, 3.8) is 0 Å². The zero-order valence-corrected chi connectivity index (χ0v) is 15.8. The maximum absolute atomic E-state index is 11.8. The van der Waals surface area contributed by atoms with Gasteiger partial charge in [0, 0.05) is 31.4 Å². The van der Waals surface area contributed by atoms with Crippen molar-refractivity contribution < 1.29 is 4.79 Å². The number of thiophene rings is 1. The second-order valence-corrected chi connectivity index (χ2v) is 7.08. The second-order valence-electron chi connectivity index (χ2n) is 6.05. The van der Waals surface area contributed by atoms with Crippen molar-refractivity contribution >= 4 is 33.3 Å². The molecule has 1 N–H and O–H groups in total. The number of carbonyl (C=O) groups is 1. The van der Waals surface area contributed by atoms with Crippen molar-refractivity contribution in [2.24, 2.45) is 0 Å². The Morgan fingerprint density at radius 2 is 2.08 bits per heavy atom. The number of carbonyl (C=O) groups excluding carboxylic acids is 1. The molecule has 6 heteroatoms. The molecule has 0 fully saturated rings. The molecule has 5 nitrogen and oxygen atoms in total. The topological polar surface area (TPSA) is 58.1 Å². The molecule has 0 spiro atoms. The number of hydrogen-bond donors (Lipinski definition) is 1. The van der Waals surface area contributed by atoms with Gasteiger partial charge in [-0.3, -0.25) is 4.79 Å². The summed E-state index contributed by atoms with van der Waals surface area (Å²) in [6.45, 7) is 6.58. The number of nitrogens with one attached hydrogen (secondary N) is 1. The van der Waals surface area contributed by atoms with Crippen LogP contribution in [0.2, 0.25) is 0 Å². The van der Waals surface area contributed by atoms with Crippen molar-refractivity contribution in [2.45, 2.75) is 13.3 Å². The Balaban J connectivity index is 1.86. The number of fused-ring (bicyclic) bond motifs is 1. The van der Waals surface area contributed by atoms with Crippen LogP contribution < -0.4 is 10.2 Å². The summed E-state index contributed by atoms with van der Waals surface area (Å²) in [5.74, 6) is 1.61. The van der Waals surface area contributed by atoms with Gasteiger partial charge in [-0.25, -0.2) is 9.97 Å². The Kier molecular flexibility index (Phi) is 5.63. The van der Waals surface area contributed by atoms with Crippen LogP contribution in [0, 0.1) is 6.92 Å². The SMILES string of the molecule is C=CCNC(=O)CCN(C)c1nc(C)nc2sc(-c3ccccc3)cc12. The van der Waals surface area contributed by atoms with Gasteiger partial charge in [0.25, 0.3) is 0 Å². The summed E-state index contributed by atoms with van der Waals surface area (Å²) < 4.78 is 0. The normalized spacial score (nSPS) is 10.7. The number of aromatic nitrogens is 2. The average molecular weight is 366 g/mol. The van der Waals surface area contributed by atoms with Crippen LogP contribution in [-0.2, 0) is 4.79 Å². The number of benzene rings is 1. The van der Waals surface area contributed by atoms with Crippen LogP contribution in [0.4, 0.5) is 5.82 Å². The van der Waals surface area contributed by atoms with Crippen molar-refractivity contribution in [1.82, 2.24) is 15.3 Å². The summed E-state index contributed by atoms with van der Waals surface area (Å²) in [5, 5.41) is 3.82. The summed E-state index contributed by atoms with van der Waals surface area (Å²) in [6, 6.07) is 12.4. The molecule has 0 radical (unpaired) electrons. The lowest BCUT2D eigenvalue weighted by Crippen LogP contribution is -2.29. The number of nitrogens with zero attached hydrogens (tertiary/aromatic N) is 3. The maximum Gasteiger partial charge on any atom is 0.222 e. The molecule has 0 unspecified atom stereocenters. The Morgan fingerprint density at radius 1 is 1.31 bits per heavy atom. The summed E-state index contributed by atoms with van der Waals surface area (Å²) >= 11 is 1.66. The zero-order chi connectivity index (χ0) is 18.5. The molecular formula is C20H22N4OS. The Hall–Kier alpha value is -2.73. The highest BCUT2D eigenvalue weighted by atomic mass is 32.1. The minimum absolute atomic E-state index is 0.00839. The number of anilines is 1. The fourth-order valence-electron chi connectivity index (χ4n) is 2.70.